The zero-order valence-electron chi connectivity index (χ0n) is 25.6. The summed E-state index contributed by atoms with van der Waals surface area (Å²) in [6.07, 6.45) is 1.35. The Morgan fingerprint density at radius 2 is 1.13 bits per heavy atom. The molecule has 232 valence electrons. The average Bonchev–Trinajstić information content (AvgIpc) is 3.10. The standard InChI is InChI=1S/C39H35NO4P.BrH/c1-2-3-28-39(37(42)34-26-16-17-27-35(34)40(38(39)43)30-18-8-4-9-19-30)44-36(41)29-45(31-20-10-5-11-21-31,32-22-12-6-13-23-32)33-24-14-7-15-25-33;/h4-27H,2-3,28-29H2,1H3;1H/q+1;/p-1. The number of hydrogen-bond donors (Lipinski definition) is 0. The van der Waals surface area contributed by atoms with Crippen LogP contribution in [0.25, 0.3) is 0 Å². The number of ketones is 1. The largest absolute Gasteiger partial charge is 1.00 e. The molecule has 7 heteroatoms. The van der Waals surface area contributed by atoms with Gasteiger partial charge in [0.25, 0.3) is 11.5 Å². The van der Waals surface area contributed by atoms with Crippen LogP contribution in [-0.4, -0.2) is 29.4 Å². The maximum atomic E-state index is 14.7. The van der Waals surface area contributed by atoms with E-state index in [1.165, 1.54) is 4.90 Å². The Morgan fingerprint density at radius 1 is 0.674 bits per heavy atom. The van der Waals surface area contributed by atoms with Gasteiger partial charge >= 0.3 is 5.97 Å². The first kappa shape index (κ1) is 33.0. The van der Waals surface area contributed by atoms with Crippen LogP contribution in [0.1, 0.15) is 36.5 Å². The minimum atomic E-state index is -2.62. The van der Waals surface area contributed by atoms with Gasteiger partial charge in [-0.1, -0.05) is 98.3 Å². The zero-order chi connectivity index (χ0) is 31.3. The summed E-state index contributed by atoms with van der Waals surface area (Å²) in [5.74, 6) is -1.59. The Morgan fingerprint density at radius 3 is 1.63 bits per heavy atom. The van der Waals surface area contributed by atoms with Gasteiger partial charge in [-0.25, -0.2) is 4.79 Å². The Hall–Kier alpha value is -4.38. The van der Waals surface area contributed by atoms with E-state index in [1.807, 2.05) is 91.9 Å². The van der Waals surface area contributed by atoms with Crippen LogP contribution in [-0.2, 0) is 14.3 Å². The van der Waals surface area contributed by atoms with Crippen molar-refractivity contribution in [1.82, 2.24) is 0 Å². The lowest BCUT2D eigenvalue weighted by Crippen LogP contribution is -3.00. The summed E-state index contributed by atoms with van der Waals surface area (Å²) < 4.78 is 6.38. The first-order valence-electron chi connectivity index (χ1n) is 15.3. The van der Waals surface area contributed by atoms with E-state index in [2.05, 4.69) is 36.4 Å². The lowest BCUT2D eigenvalue weighted by Gasteiger charge is -2.41. The molecule has 0 N–H and O–H groups in total. The highest BCUT2D eigenvalue weighted by atomic mass is 79.9. The third kappa shape index (κ3) is 5.95. The summed E-state index contributed by atoms with van der Waals surface area (Å²) in [6.45, 7) is 1.99. The maximum absolute atomic E-state index is 14.7. The van der Waals surface area contributed by atoms with Crippen molar-refractivity contribution in [2.24, 2.45) is 0 Å². The monoisotopic (exact) mass is 691 g/mol. The fraction of sp³-hybridized carbons (Fsp3) is 0.154. The molecule has 0 bridgehead atoms. The summed E-state index contributed by atoms with van der Waals surface area (Å²) in [5.41, 5.74) is -0.530. The highest BCUT2D eigenvalue weighted by molar-refractivity contribution is 7.96. The lowest BCUT2D eigenvalue weighted by molar-refractivity contribution is -0.160. The van der Waals surface area contributed by atoms with E-state index < -0.39 is 30.5 Å². The van der Waals surface area contributed by atoms with Crippen molar-refractivity contribution >= 4 is 52.2 Å². The Bertz CT molecular complexity index is 1710. The van der Waals surface area contributed by atoms with Crippen molar-refractivity contribution in [3.8, 4) is 0 Å². The van der Waals surface area contributed by atoms with Gasteiger partial charge in [0.1, 0.15) is 23.2 Å². The Kier molecular flexibility index (Phi) is 10.3. The summed E-state index contributed by atoms with van der Waals surface area (Å²) in [4.78, 5) is 45.2. The first-order valence-corrected chi connectivity index (χ1v) is 17.3. The molecular formula is C39H35BrNO4P. The van der Waals surface area contributed by atoms with Crippen LogP contribution in [0.5, 0.6) is 0 Å². The molecule has 6 rings (SSSR count). The van der Waals surface area contributed by atoms with Gasteiger partial charge in [-0.3, -0.25) is 14.5 Å². The van der Waals surface area contributed by atoms with E-state index in [-0.39, 0.29) is 29.6 Å². The number of anilines is 2. The molecule has 1 heterocycles. The molecule has 5 aromatic carbocycles. The topological polar surface area (TPSA) is 63.7 Å². The number of halogens is 1. The second kappa shape index (κ2) is 14.4. The second-order valence-electron chi connectivity index (χ2n) is 11.2. The number of ether oxygens (including phenoxy) is 1. The molecule has 0 saturated carbocycles. The number of para-hydroxylation sites is 2. The van der Waals surface area contributed by atoms with Crippen LogP contribution < -0.4 is 37.8 Å². The molecule has 0 saturated heterocycles. The molecule has 0 aliphatic carbocycles. The van der Waals surface area contributed by atoms with Gasteiger partial charge < -0.3 is 21.7 Å². The van der Waals surface area contributed by atoms with E-state index in [4.69, 9.17) is 4.74 Å². The predicted molar refractivity (Wildman–Crippen MR) is 183 cm³/mol. The summed E-state index contributed by atoms with van der Waals surface area (Å²) in [5, 5.41) is 3.04. The SMILES string of the molecule is CCCCC1(OC(=O)C[P+](c2ccccc2)(c2ccccc2)c2ccccc2)C(=O)c2ccccc2N(c2ccccc2)C1=O.[Br-]. The number of esters is 1. The fourth-order valence-electron chi connectivity index (χ4n) is 6.27. The summed E-state index contributed by atoms with van der Waals surface area (Å²) >= 11 is 0. The van der Waals surface area contributed by atoms with Crippen LogP contribution in [0.15, 0.2) is 146 Å². The third-order valence-electron chi connectivity index (χ3n) is 8.45. The third-order valence-corrected chi connectivity index (χ3v) is 12.7. The molecule has 1 aliphatic rings. The minimum Gasteiger partial charge on any atom is -1.00 e. The van der Waals surface area contributed by atoms with E-state index in [9.17, 15) is 14.4 Å². The number of carbonyl (C=O) groups excluding carboxylic acids is 3. The minimum absolute atomic E-state index is 0. The van der Waals surface area contributed by atoms with Gasteiger partial charge in [0.2, 0.25) is 5.78 Å². The molecule has 5 aromatic rings. The molecule has 1 atom stereocenters. The fourth-order valence-corrected chi connectivity index (χ4v) is 10.2. The van der Waals surface area contributed by atoms with Crippen molar-refractivity contribution in [2.45, 2.75) is 31.8 Å². The van der Waals surface area contributed by atoms with Crippen LogP contribution in [0, 0.1) is 0 Å². The molecule has 0 radical (unpaired) electrons. The number of unbranched alkanes of at least 4 members (excludes halogenated alkanes) is 1. The number of Topliss-reactive ketones (excluding diaryl/α,β-unsaturated/α-hetero) is 1. The van der Waals surface area contributed by atoms with Crippen LogP contribution in [0.2, 0.25) is 0 Å². The van der Waals surface area contributed by atoms with Crippen molar-refractivity contribution in [3.63, 3.8) is 0 Å². The number of nitrogens with zero attached hydrogens (tertiary/aromatic N) is 1. The molecule has 46 heavy (non-hydrogen) atoms. The number of benzene rings is 5. The van der Waals surface area contributed by atoms with Gasteiger partial charge in [-0.2, -0.15) is 0 Å². The van der Waals surface area contributed by atoms with Crippen LogP contribution in [0.3, 0.4) is 0 Å². The number of carbonyl (C=O) groups is 3. The van der Waals surface area contributed by atoms with Gasteiger partial charge in [0.15, 0.2) is 6.16 Å². The second-order valence-corrected chi connectivity index (χ2v) is 14.7. The molecule has 0 aromatic heterocycles. The van der Waals surface area contributed by atoms with Gasteiger partial charge in [-0.05, 0) is 67.1 Å². The van der Waals surface area contributed by atoms with Crippen molar-refractivity contribution in [2.75, 3.05) is 11.1 Å². The Balaban J connectivity index is 0.00000417. The maximum Gasteiger partial charge on any atom is 0.346 e. The Labute approximate surface area is 281 Å². The highest BCUT2D eigenvalue weighted by Gasteiger charge is 2.58. The van der Waals surface area contributed by atoms with E-state index in [0.717, 1.165) is 22.3 Å². The van der Waals surface area contributed by atoms with E-state index in [0.29, 0.717) is 23.4 Å². The number of rotatable bonds is 10. The molecule has 5 nitrogen and oxygen atoms in total. The molecule has 1 amide bonds. The van der Waals surface area contributed by atoms with Gasteiger partial charge in [-0.15, -0.1) is 0 Å². The van der Waals surface area contributed by atoms with Gasteiger partial charge in [0.05, 0.1) is 5.69 Å². The molecular weight excluding hydrogens is 657 g/mol. The smallest absolute Gasteiger partial charge is 0.346 e. The summed E-state index contributed by atoms with van der Waals surface area (Å²) in [7, 11) is -2.62. The molecule has 0 fully saturated rings. The number of hydrogen-bond acceptors (Lipinski definition) is 4. The summed E-state index contributed by atoms with van der Waals surface area (Å²) in [6, 6.07) is 46.4. The first-order chi connectivity index (χ1) is 22.0. The van der Waals surface area contributed by atoms with Crippen molar-refractivity contribution in [1.29, 1.82) is 0 Å². The average molecular weight is 693 g/mol. The molecule has 1 aliphatic heterocycles. The highest BCUT2D eigenvalue weighted by Crippen LogP contribution is 2.55. The molecule has 0 spiro atoms. The molecule has 1 unspecified atom stereocenters. The predicted octanol–water partition coefficient (Wildman–Crippen LogP) is 4.02. The van der Waals surface area contributed by atoms with E-state index in [1.54, 1.807) is 24.3 Å². The van der Waals surface area contributed by atoms with E-state index >= 15 is 0 Å². The quantitative estimate of drug-likeness (QED) is 0.126. The van der Waals surface area contributed by atoms with Crippen molar-refractivity contribution in [3.05, 3.63) is 151 Å². The zero-order valence-corrected chi connectivity index (χ0v) is 28.1. The normalized spacial score (nSPS) is 15.9. The lowest BCUT2D eigenvalue weighted by atomic mass is 9.81. The van der Waals surface area contributed by atoms with Crippen molar-refractivity contribution < 1.29 is 36.1 Å². The number of amides is 1. The number of fused-ring (bicyclic) bond motifs is 1. The van der Waals surface area contributed by atoms with Crippen LogP contribution in [0.4, 0.5) is 11.4 Å². The van der Waals surface area contributed by atoms with Gasteiger partial charge in [0, 0.05) is 17.7 Å². The van der Waals surface area contributed by atoms with Crippen LogP contribution >= 0.6 is 7.26 Å².